The molecule has 4 aromatic rings. The predicted molar refractivity (Wildman–Crippen MR) is 124 cm³/mol. The van der Waals surface area contributed by atoms with Gasteiger partial charge in [-0.05, 0) is 48.7 Å². The molecule has 0 saturated carbocycles. The Bertz CT molecular complexity index is 1250. The molecule has 2 aromatic carbocycles. The summed E-state index contributed by atoms with van der Waals surface area (Å²) in [5, 5.41) is 0. The van der Waals surface area contributed by atoms with Crippen molar-refractivity contribution in [3.63, 3.8) is 0 Å². The molecule has 3 heterocycles. The van der Waals surface area contributed by atoms with Gasteiger partial charge in [0, 0.05) is 37.6 Å². The zero-order chi connectivity index (χ0) is 21.8. The monoisotopic (exact) mass is 424 g/mol. The van der Waals surface area contributed by atoms with Crippen molar-refractivity contribution in [2.45, 2.75) is 13.0 Å². The number of aromatic nitrogens is 3. The Balaban J connectivity index is 1.43. The fraction of sp³-hybridized carbons (Fsp3) is 0.192. The van der Waals surface area contributed by atoms with Crippen molar-refractivity contribution in [3.8, 4) is 22.8 Å². The maximum atomic E-state index is 10.6. The molecule has 0 amide bonds. The fourth-order valence-electron chi connectivity index (χ4n) is 4.31. The van der Waals surface area contributed by atoms with E-state index in [1.165, 1.54) is 0 Å². The molecule has 1 fully saturated rings. The van der Waals surface area contributed by atoms with Gasteiger partial charge in [0.15, 0.2) is 0 Å². The first-order valence-electron chi connectivity index (χ1n) is 10.8. The summed E-state index contributed by atoms with van der Waals surface area (Å²) in [7, 11) is 0. The van der Waals surface area contributed by atoms with Crippen LogP contribution in [0, 0.1) is 5.92 Å². The third-order valence-electron chi connectivity index (χ3n) is 5.78. The predicted octanol–water partition coefficient (Wildman–Crippen LogP) is 4.93. The average Bonchev–Trinajstić information content (AvgIpc) is 3.46. The van der Waals surface area contributed by atoms with Crippen LogP contribution in [0.4, 0.5) is 0 Å². The van der Waals surface area contributed by atoms with Crippen molar-refractivity contribution < 1.29 is 9.53 Å². The minimum atomic E-state index is 0.503. The van der Waals surface area contributed by atoms with E-state index in [2.05, 4.69) is 31.7 Å². The Morgan fingerprint density at radius 2 is 1.91 bits per heavy atom. The summed E-state index contributed by atoms with van der Waals surface area (Å²) < 4.78 is 8.29. The Hall–Kier alpha value is -3.93. The van der Waals surface area contributed by atoms with E-state index >= 15 is 0 Å². The minimum Gasteiger partial charge on any atom is -0.457 e. The lowest BCUT2D eigenvalue weighted by molar-refractivity contribution is -0.104. The van der Waals surface area contributed by atoms with Crippen molar-refractivity contribution in [2.75, 3.05) is 13.1 Å². The molecule has 5 rings (SSSR count). The number of hydrogen-bond acceptors (Lipinski definition) is 5. The third-order valence-corrected chi connectivity index (χ3v) is 5.78. The highest BCUT2D eigenvalue weighted by atomic mass is 16.5. The number of hydrogen-bond donors (Lipinski definition) is 0. The molecule has 1 aliphatic heterocycles. The van der Waals surface area contributed by atoms with Crippen LogP contribution >= 0.6 is 0 Å². The lowest BCUT2D eigenvalue weighted by Crippen LogP contribution is -2.16. The minimum absolute atomic E-state index is 0.503. The van der Waals surface area contributed by atoms with Gasteiger partial charge in [-0.3, -0.25) is 4.79 Å². The van der Waals surface area contributed by atoms with Crippen molar-refractivity contribution >= 4 is 17.3 Å². The zero-order valence-corrected chi connectivity index (χ0v) is 17.7. The Morgan fingerprint density at radius 1 is 1.03 bits per heavy atom. The van der Waals surface area contributed by atoms with Gasteiger partial charge >= 0.3 is 0 Å². The smallest absolute Gasteiger partial charge is 0.144 e. The number of fused-ring (bicyclic) bond motifs is 1. The van der Waals surface area contributed by atoms with Gasteiger partial charge in [-0.2, -0.15) is 0 Å². The van der Waals surface area contributed by atoms with Crippen LogP contribution < -0.4 is 4.74 Å². The lowest BCUT2D eigenvalue weighted by atomic mass is 10.1. The summed E-state index contributed by atoms with van der Waals surface area (Å²) in [5.74, 6) is 2.07. The van der Waals surface area contributed by atoms with Crippen LogP contribution in [0.1, 0.15) is 6.42 Å². The molecule has 2 aromatic heterocycles. The molecule has 0 spiro atoms. The van der Waals surface area contributed by atoms with E-state index in [9.17, 15) is 4.79 Å². The highest BCUT2D eigenvalue weighted by molar-refractivity contribution is 5.90. The fourth-order valence-corrected chi connectivity index (χ4v) is 4.31. The van der Waals surface area contributed by atoms with Gasteiger partial charge in [0.2, 0.25) is 0 Å². The Labute approximate surface area is 186 Å². The molecular weight excluding hydrogens is 400 g/mol. The maximum Gasteiger partial charge on any atom is 0.144 e. The molecule has 1 aliphatic rings. The zero-order valence-electron chi connectivity index (χ0n) is 17.7. The van der Waals surface area contributed by atoms with Gasteiger partial charge in [0.1, 0.15) is 24.1 Å². The molecule has 1 saturated heterocycles. The molecule has 0 aliphatic carbocycles. The van der Waals surface area contributed by atoms with Gasteiger partial charge in [0.25, 0.3) is 0 Å². The molecule has 32 heavy (non-hydrogen) atoms. The number of carbonyl (C=O) groups is 1. The number of carbonyl (C=O) groups excluding carboxylic acids is 1. The largest absolute Gasteiger partial charge is 0.457 e. The van der Waals surface area contributed by atoms with Crippen molar-refractivity contribution in [1.82, 2.24) is 19.4 Å². The normalized spacial score (nSPS) is 16.1. The second kappa shape index (κ2) is 9.06. The molecule has 1 unspecified atom stereocenters. The van der Waals surface area contributed by atoms with Crippen LogP contribution in [0.2, 0.25) is 0 Å². The van der Waals surface area contributed by atoms with Crippen LogP contribution in [0.5, 0.6) is 11.5 Å². The summed E-state index contributed by atoms with van der Waals surface area (Å²) in [5.41, 5.74) is 3.85. The standard InChI is InChI=1S/C26H24N4O2/c31-15-5-12-29-13-10-20(17-29)18-30-14-11-24-26(30)25(28-19-27-24)21-6-4-9-23(16-21)32-22-7-2-1-3-8-22/h1-9,11-12,14-16,19-20H,10,13,17-18H2. The van der Waals surface area contributed by atoms with Crippen LogP contribution in [-0.2, 0) is 11.3 Å². The number of ether oxygens (including phenoxy) is 1. The highest BCUT2D eigenvalue weighted by Gasteiger charge is 2.22. The molecule has 6 nitrogen and oxygen atoms in total. The number of para-hydroxylation sites is 1. The van der Waals surface area contributed by atoms with Gasteiger partial charge < -0.3 is 14.2 Å². The number of likely N-dealkylation sites (tertiary alicyclic amines) is 1. The Morgan fingerprint density at radius 3 is 2.78 bits per heavy atom. The van der Waals surface area contributed by atoms with E-state index < -0.39 is 0 Å². The molecule has 160 valence electrons. The van der Waals surface area contributed by atoms with Crippen molar-refractivity contribution in [1.29, 1.82) is 0 Å². The Kier molecular flexibility index (Phi) is 5.66. The van der Waals surface area contributed by atoms with Gasteiger partial charge in [0.05, 0.1) is 16.7 Å². The number of rotatable bonds is 7. The molecule has 6 heteroatoms. The summed E-state index contributed by atoms with van der Waals surface area (Å²) in [6, 6.07) is 19.8. The summed E-state index contributed by atoms with van der Waals surface area (Å²) in [4.78, 5) is 21.9. The van der Waals surface area contributed by atoms with Crippen molar-refractivity contribution in [2.24, 2.45) is 5.92 Å². The lowest BCUT2D eigenvalue weighted by Gasteiger charge is -2.15. The molecule has 0 N–H and O–H groups in total. The molecule has 1 atom stereocenters. The topological polar surface area (TPSA) is 60.2 Å². The highest BCUT2D eigenvalue weighted by Crippen LogP contribution is 2.31. The third kappa shape index (κ3) is 4.25. The number of allylic oxidation sites excluding steroid dienone is 1. The number of nitrogens with zero attached hydrogens (tertiary/aromatic N) is 4. The first-order chi connectivity index (χ1) is 15.8. The van der Waals surface area contributed by atoms with E-state index in [4.69, 9.17) is 4.74 Å². The second-order valence-corrected chi connectivity index (χ2v) is 7.99. The molecule has 0 radical (unpaired) electrons. The summed E-state index contributed by atoms with van der Waals surface area (Å²) >= 11 is 0. The number of aldehydes is 1. The van der Waals surface area contributed by atoms with Crippen molar-refractivity contribution in [3.05, 3.63) is 85.5 Å². The average molecular weight is 425 g/mol. The maximum absolute atomic E-state index is 10.6. The van der Waals surface area contributed by atoms with Crippen LogP contribution in [0.25, 0.3) is 22.3 Å². The van der Waals surface area contributed by atoms with Crippen LogP contribution in [0.3, 0.4) is 0 Å². The van der Waals surface area contributed by atoms with E-state index in [0.29, 0.717) is 5.92 Å². The first kappa shape index (κ1) is 20.0. The quantitative estimate of drug-likeness (QED) is 0.311. The SMILES string of the molecule is O=CC=CN1CCC(Cn2ccc3ncnc(-c4cccc(Oc5ccccc5)c4)c32)C1. The van der Waals surface area contributed by atoms with E-state index in [1.807, 2.05) is 60.8 Å². The second-order valence-electron chi connectivity index (χ2n) is 7.99. The van der Waals surface area contributed by atoms with E-state index in [-0.39, 0.29) is 0 Å². The number of benzene rings is 2. The van der Waals surface area contributed by atoms with E-state index in [0.717, 1.165) is 66.1 Å². The first-order valence-corrected chi connectivity index (χ1v) is 10.8. The summed E-state index contributed by atoms with van der Waals surface area (Å²) in [6.45, 7) is 2.79. The van der Waals surface area contributed by atoms with E-state index in [1.54, 1.807) is 12.4 Å². The van der Waals surface area contributed by atoms with Gasteiger partial charge in [-0.15, -0.1) is 0 Å². The summed E-state index contributed by atoms with van der Waals surface area (Å²) in [6.07, 6.45) is 9.07. The molecule has 0 bridgehead atoms. The van der Waals surface area contributed by atoms with Crippen LogP contribution in [-0.4, -0.2) is 38.8 Å². The van der Waals surface area contributed by atoms with Gasteiger partial charge in [-0.1, -0.05) is 30.3 Å². The van der Waals surface area contributed by atoms with Crippen LogP contribution in [0.15, 0.2) is 85.5 Å². The molecular formula is C26H24N4O2. The van der Waals surface area contributed by atoms with Gasteiger partial charge in [-0.25, -0.2) is 9.97 Å².